The van der Waals surface area contributed by atoms with Gasteiger partial charge in [-0.05, 0) is 6.07 Å². The van der Waals surface area contributed by atoms with Crippen LogP contribution in [0.3, 0.4) is 0 Å². The predicted octanol–water partition coefficient (Wildman–Crippen LogP) is 0.999. The molecule has 0 radical (unpaired) electrons. The molecule has 2 aromatic heterocycles. The minimum Gasteiger partial charge on any atom is -0.335 e. The summed E-state index contributed by atoms with van der Waals surface area (Å²) in [4.78, 5) is 22.0. The van der Waals surface area contributed by atoms with E-state index in [9.17, 15) is 4.79 Å². The average Bonchev–Trinajstić information content (AvgIpc) is 2.90. The highest BCUT2D eigenvalue weighted by Gasteiger charge is 2.18. The molecule has 0 atom stereocenters. The lowest BCUT2D eigenvalue weighted by atomic mass is 10.3. The smallest absolute Gasteiger partial charge is 0.274 e. The van der Waals surface area contributed by atoms with E-state index < -0.39 is 0 Å². The second kappa shape index (κ2) is 6.30. The van der Waals surface area contributed by atoms with Gasteiger partial charge in [0.1, 0.15) is 5.69 Å². The topological polar surface area (TPSA) is 98.1 Å². The fourth-order valence-corrected chi connectivity index (χ4v) is 1.78. The summed E-state index contributed by atoms with van der Waals surface area (Å²) in [6, 6.07) is 5.73. The van der Waals surface area contributed by atoms with E-state index in [4.69, 9.17) is 10.5 Å². The zero-order valence-corrected chi connectivity index (χ0v) is 10.7. The molecule has 2 heterocycles. The molecule has 0 N–H and O–H groups in total. The van der Waals surface area contributed by atoms with Crippen molar-refractivity contribution in [2.45, 2.75) is 12.8 Å². The van der Waals surface area contributed by atoms with Crippen LogP contribution in [-0.2, 0) is 0 Å². The van der Waals surface area contributed by atoms with Crippen LogP contribution in [0.25, 0.3) is 5.78 Å². The fourth-order valence-electron chi connectivity index (χ4n) is 1.78. The Morgan fingerprint density at radius 2 is 2.00 bits per heavy atom. The number of rotatable bonds is 5. The van der Waals surface area contributed by atoms with Gasteiger partial charge < -0.3 is 4.90 Å². The average molecular weight is 268 g/mol. The van der Waals surface area contributed by atoms with E-state index in [1.165, 1.54) is 4.90 Å². The standard InChI is InChI=1S/C13H12N6O/c14-4-1-7-18(8-2-5-15)12(20)11-10-19-9-3-6-16-13(19)17-11/h3,6,9-10H,1-2,7-8H2. The maximum atomic E-state index is 12.3. The molecule has 0 aliphatic rings. The number of carbonyl (C=O) groups is 1. The summed E-state index contributed by atoms with van der Waals surface area (Å²) in [5, 5.41) is 17.2. The molecule has 2 rings (SSSR count). The Kier molecular flexibility index (Phi) is 4.25. The van der Waals surface area contributed by atoms with Crippen LogP contribution in [0.15, 0.2) is 24.7 Å². The van der Waals surface area contributed by atoms with Gasteiger partial charge in [-0.15, -0.1) is 0 Å². The summed E-state index contributed by atoms with van der Waals surface area (Å²) in [5.74, 6) is 0.150. The van der Waals surface area contributed by atoms with E-state index in [2.05, 4.69) is 9.97 Å². The number of hydrogen-bond acceptors (Lipinski definition) is 5. The highest BCUT2D eigenvalue weighted by Crippen LogP contribution is 2.07. The highest BCUT2D eigenvalue weighted by atomic mass is 16.2. The molecule has 20 heavy (non-hydrogen) atoms. The van der Waals surface area contributed by atoms with Crippen molar-refractivity contribution in [2.24, 2.45) is 0 Å². The zero-order chi connectivity index (χ0) is 14.4. The van der Waals surface area contributed by atoms with Gasteiger partial charge in [-0.2, -0.15) is 10.5 Å². The van der Waals surface area contributed by atoms with E-state index in [0.717, 1.165) is 0 Å². The third-order valence-corrected chi connectivity index (χ3v) is 2.73. The molecule has 100 valence electrons. The molecule has 2 aromatic rings. The van der Waals surface area contributed by atoms with Crippen molar-refractivity contribution in [3.05, 3.63) is 30.4 Å². The molecule has 0 saturated heterocycles. The first kappa shape index (κ1) is 13.5. The van der Waals surface area contributed by atoms with E-state index in [0.29, 0.717) is 5.78 Å². The lowest BCUT2D eigenvalue weighted by Gasteiger charge is -2.18. The SMILES string of the molecule is N#CCCN(CCC#N)C(=O)c1cn2cccnc2n1. The highest BCUT2D eigenvalue weighted by molar-refractivity contribution is 5.92. The van der Waals surface area contributed by atoms with Crippen molar-refractivity contribution in [3.63, 3.8) is 0 Å². The van der Waals surface area contributed by atoms with Crippen LogP contribution in [0.1, 0.15) is 23.3 Å². The molecule has 7 heteroatoms. The van der Waals surface area contributed by atoms with Gasteiger partial charge in [0.15, 0.2) is 0 Å². The zero-order valence-electron chi connectivity index (χ0n) is 10.7. The quantitative estimate of drug-likeness (QED) is 0.805. The first-order chi connectivity index (χ1) is 9.76. The molecule has 0 bridgehead atoms. The van der Waals surface area contributed by atoms with Gasteiger partial charge in [-0.1, -0.05) is 0 Å². The molecular weight excluding hydrogens is 256 g/mol. The number of imidazole rings is 1. The first-order valence-electron chi connectivity index (χ1n) is 6.09. The molecule has 0 fully saturated rings. The van der Waals surface area contributed by atoms with E-state index in [-0.39, 0.29) is 37.5 Å². The van der Waals surface area contributed by atoms with Crippen molar-refractivity contribution in [3.8, 4) is 12.1 Å². The molecule has 0 aliphatic heterocycles. The van der Waals surface area contributed by atoms with Crippen LogP contribution < -0.4 is 0 Å². The van der Waals surface area contributed by atoms with Crippen LogP contribution in [0, 0.1) is 22.7 Å². The largest absolute Gasteiger partial charge is 0.335 e. The van der Waals surface area contributed by atoms with E-state index in [1.54, 1.807) is 29.1 Å². The van der Waals surface area contributed by atoms with Gasteiger partial charge in [-0.25, -0.2) is 9.97 Å². The van der Waals surface area contributed by atoms with Gasteiger partial charge in [0.05, 0.1) is 25.0 Å². The molecule has 0 unspecified atom stereocenters. The summed E-state index contributed by atoms with van der Waals surface area (Å²) >= 11 is 0. The summed E-state index contributed by atoms with van der Waals surface area (Å²) in [7, 11) is 0. The summed E-state index contributed by atoms with van der Waals surface area (Å²) in [5.41, 5.74) is 0.263. The first-order valence-corrected chi connectivity index (χ1v) is 6.09. The van der Waals surface area contributed by atoms with Crippen molar-refractivity contribution >= 4 is 11.7 Å². The molecule has 0 saturated carbocycles. The summed E-state index contributed by atoms with van der Waals surface area (Å²) < 4.78 is 1.65. The number of nitriles is 2. The lowest BCUT2D eigenvalue weighted by Crippen LogP contribution is -2.33. The Hall–Kier alpha value is -2.93. The third-order valence-electron chi connectivity index (χ3n) is 2.73. The molecule has 0 aliphatic carbocycles. The molecular formula is C13H12N6O. The Morgan fingerprint density at radius 1 is 1.30 bits per heavy atom. The van der Waals surface area contributed by atoms with Crippen molar-refractivity contribution in [1.82, 2.24) is 19.3 Å². The Balaban J connectivity index is 2.21. The van der Waals surface area contributed by atoms with Gasteiger partial charge in [0, 0.05) is 31.7 Å². The van der Waals surface area contributed by atoms with E-state index >= 15 is 0 Å². The number of hydrogen-bond donors (Lipinski definition) is 0. The van der Waals surface area contributed by atoms with Gasteiger partial charge in [0.25, 0.3) is 5.91 Å². The Labute approximate surface area is 115 Å². The maximum Gasteiger partial charge on any atom is 0.274 e. The number of nitrogens with zero attached hydrogens (tertiary/aromatic N) is 6. The van der Waals surface area contributed by atoms with Crippen LogP contribution in [0.5, 0.6) is 0 Å². The number of aromatic nitrogens is 3. The monoisotopic (exact) mass is 268 g/mol. The fraction of sp³-hybridized carbons (Fsp3) is 0.308. The second-order valence-electron chi connectivity index (χ2n) is 4.06. The molecule has 0 aromatic carbocycles. The summed E-state index contributed by atoms with van der Waals surface area (Å²) in [6.07, 6.45) is 5.39. The van der Waals surface area contributed by atoms with Gasteiger partial charge in [-0.3, -0.25) is 9.20 Å². The second-order valence-corrected chi connectivity index (χ2v) is 4.06. The van der Waals surface area contributed by atoms with Crippen molar-refractivity contribution in [2.75, 3.05) is 13.1 Å². The normalized spacial score (nSPS) is 9.90. The van der Waals surface area contributed by atoms with Crippen LogP contribution in [-0.4, -0.2) is 38.3 Å². The number of fused-ring (bicyclic) bond motifs is 1. The Morgan fingerprint density at radius 3 is 2.60 bits per heavy atom. The van der Waals surface area contributed by atoms with Crippen molar-refractivity contribution in [1.29, 1.82) is 10.5 Å². The van der Waals surface area contributed by atoms with Crippen LogP contribution in [0.2, 0.25) is 0 Å². The minimum absolute atomic E-state index is 0.225. The van der Waals surface area contributed by atoms with Crippen LogP contribution >= 0.6 is 0 Å². The maximum absolute atomic E-state index is 12.3. The van der Waals surface area contributed by atoms with E-state index in [1.807, 2.05) is 12.1 Å². The molecule has 1 amide bonds. The number of amides is 1. The van der Waals surface area contributed by atoms with Gasteiger partial charge >= 0.3 is 0 Å². The van der Waals surface area contributed by atoms with Gasteiger partial charge in [0.2, 0.25) is 5.78 Å². The molecule has 0 spiro atoms. The van der Waals surface area contributed by atoms with Crippen LogP contribution in [0.4, 0.5) is 0 Å². The minimum atomic E-state index is -0.291. The Bertz CT molecular complexity index is 642. The number of carbonyl (C=O) groups excluding carboxylic acids is 1. The lowest BCUT2D eigenvalue weighted by molar-refractivity contribution is 0.0757. The third kappa shape index (κ3) is 2.90. The molecule has 7 nitrogen and oxygen atoms in total. The summed E-state index contributed by atoms with van der Waals surface area (Å²) in [6.45, 7) is 0.580. The van der Waals surface area contributed by atoms with Crippen molar-refractivity contribution < 1.29 is 4.79 Å². The predicted molar refractivity (Wildman–Crippen MR) is 69.4 cm³/mol.